The fourth-order valence-corrected chi connectivity index (χ4v) is 2.82. The second-order valence-electron chi connectivity index (χ2n) is 5.81. The van der Waals surface area contributed by atoms with E-state index in [9.17, 15) is 18.9 Å². The average molecular weight is 360 g/mol. The van der Waals surface area contributed by atoms with Crippen LogP contribution in [0.15, 0.2) is 30.5 Å². The third-order valence-electron chi connectivity index (χ3n) is 4.10. The van der Waals surface area contributed by atoms with E-state index >= 15 is 0 Å². The highest BCUT2D eigenvalue weighted by Gasteiger charge is 2.27. The molecule has 7 nitrogen and oxygen atoms in total. The van der Waals surface area contributed by atoms with Gasteiger partial charge in [-0.3, -0.25) is 10.1 Å². The van der Waals surface area contributed by atoms with E-state index in [0.717, 1.165) is 12.1 Å². The van der Waals surface area contributed by atoms with E-state index in [0.29, 0.717) is 25.9 Å². The molecule has 1 aromatic heterocycles. The summed E-state index contributed by atoms with van der Waals surface area (Å²) >= 11 is 0. The molecule has 0 N–H and O–H groups in total. The number of nitrogens with zero attached hydrogens (tertiary/aromatic N) is 4. The zero-order valence-corrected chi connectivity index (χ0v) is 13.6. The number of pyridine rings is 1. The molecule has 1 aliphatic heterocycles. The van der Waals surface area contributed by atoms with E-state index in [4.69, 9.17) is 10.00 Å². The predicted octanol–water partition coefficient (Wildman–Crippen LogP) is 3.19. The fourth-order valence-electron chi connectivity index (χ4n) is 2.82. The molecule has 0 amide bonds. The molecule has 1 fully saturated rings. The Morgan fingerprint density at radius 2 is 2.04 bits per heavy atom. The van der Waals surface area contributed by atoms with Gasteiger partial charge < -0.3 is 9.64 Å². The molecule has 26 heavy (non-hydrogen) atoms. The van der Waals surface area contributed by atoms with Crippen LogP contribution < -0.4 is 9.64 Å². The van der Waals surface area contributed by atoms with Crippen LogP contribution in [0.25, 0.3) is 0 Å². The number of piperidine rings is 1. The minimum Gasteiger partial charge on any atom is -0.487 e. The maximum atomic E-state index is 13.7. The van der Waals surface area contributed by atoms with Crippen LogP contribution >= 0.6 is 0 Å². The summed E-state index contributed by atoms with van der Waals surface area (Å²) in [6.45, 7) is 0.848. The maximum absolute atomic E-state index is 13.7. The summed E-state index contributed by atoms with van der Waals surface area (Å²) < 4.78 is 32.2. The zero-order chi connectivity index (χ0) is 18.7. The number of anilines is 1. The molecule has 1 aromatic carbocycles. The van der Waals surface area contributed by atoms with E-state index in [1.54, 1.807) is 4.90 Å². The minimum absolute atomic E-state index is 0.0210. The monoisotopic (exact) mass is 360 g/mol. The molecule has 1 aliphatic rings. The lowest BCUT2D eigenvalue weighted by Crippen LogP contribution is -2.39. The van der Waals surface area contributed by atoms with Crippen LogP contribution in [0.4, 0.5) is 20.3 Å². The summed E-state index contributed by atoms with van der Waals surface area (Å²) in [7, 11) is 0. The van der Waals surface area contributed by atoms with Crippen molar-refractivity contribution in [2.45, 2.75) is 18.9 Å². The molecule has 0 spiro atoms. The number of nitriles is 1. The average Bonchev–Trinajstić information content (AvgIpc) is 2.64. The van der Waals surface area contributed by atoms with Crippen molar-refractivity contribution in [1.82, 2.24) is 4.98 Å². The molecule has 0 saturated carbocycles. The van der Waals surface area contributed by atoms with Crippen molar-refractivity contribution in [2.24, 2.45) is 0 Å². The number of hydrogen-bond acceptors (Lipinski definition) is 6. The van der Waals surface area contributed by atoms with Crippen molar-refractivity contribution in [3.63, 3.8) is 0 Å². The highest BCUT2D eigenvalue weighted by molar-refractivity contribution is 5.60. The molecule has 2 heterocycles. The molecule has 0 radical (unpaired) electrons. The third-order valence-corrected chi connectivity index (χ3v) is 4.10. The van der Waals surface area contributed by atoms with Crippen LogP contribution in [0.5, 0.6) is 5.75 Å². The zero-order valence-electron chi connectivity index (χ0n) is 13.6. The van der Waals surface area contributed by atoms with Gasteiger partial charge in [-0.2, -0.15) is 5.26 Å². The van der Waals surface area contributed by atoms with E-state index in [1.165, 1.54) is 18.3 Å². The number of aromatic nitrogens is 1. The molecular formula is C17H14F2N4O3. The van der Waals surface area contributed by atoms with Gasteiger partial charge >= 0.3 is 5.69 Å². The smallest absolute Gasteiger partial charge is 0.312 e. The summed E-state index contributed by atoms with van der Waals surface area (Å²) in [5.74, 6) is -1.27. The Balaban J connectivity index is 1.69. The van der Waals surface area contributed by atoms with Gasteiger partial charge in [-0.25, -0.2) is 13.8 Å². The number of hydrogen-bond donors (Lipinski definition) is 0. The Labute approximate surface area is 147 Å². The Kier molecular flexibility index (Phi) is 4.93. The first-order valence-corrected chi connectivity index (χ1v) is 7.89. The number of ether oxygens (including phenoxy) is 1. The first-order valence-electron chi connectivity index (χ1n) is 7.89. The van der Waals surface area contributed by atoms with Gasteiger partial charge in [0.1, 0.15) is 18.0 Å². The van der Waals surface area contributed by atoms with Crippen LogP contribution in [0.3, 0.4) is 0 Å². The lowest BCUT2D eigenvalue weighted by Gasteiger charge is -2.32. The predicted molar refractivity (Wildman–Crippen MR) is 87.8 cm³/mol. The molecule has 0 unspecified atom stereocenters. The molecule has 0 bridgehead atoms. The van der Waals surface area contributed by atoms with Gasteiger partial charge in [0, 0.05) is 44.3 Å². The molecule has 134 valence electrons. The number of benzene rings is 1. The van der Waals surface area contributed by atoms with Crippen LogP contribution in [0.2, 0.25) is 0 Å². The minimum atomic E-state index is -0.767. The van der Waals surface area contributed by atoms with Gasteiger partial charge in [0.15, 0.2) is 11.6 Å². The Bertz CT molecular complexity index is 877. The largest absolute Gasteiger partial charge is 0.487 e. The number of halogens is 2. The molecule has 1 saturated heterocycles. The van der Waals surface area contributed by atoms with E-state index < -0.39 is 16.6 Å². The number of nitro groups is 1. The van der Waals surface area contributed by atoms with Crippen LogP contribution in [0.1, 0.15) is 18.4 Å². The molecule has 2 aromatic rings. The SMILES string of the molecule is N#Cc1cnc(N2CCC(Oc3ccc(F)cc3F)CC2)c([N+](=O)[O-])c1. The van der Waals surface area contributed by atoms with Gasteiger partial charge in [-0.05, 0) is 12.1 Å². The lowest BCUT2D eigenvalue weighted by molar-refractivity contribution is -0.384. The van der Waals surface area contributed by atoms with Gasteiger partial charge in [-0.1, -0.05) is 0 Å². The summed E-state index contributed by atoms with van der Waals surface area (Å²) in [6.07, 6.45) is 1.99. The Morgan fingerprint density at radius 3 is 2.65 bits per heavy atom. The van der Waals surface area contributed by atoms with Gasteiger partial charge in [0.2, 0.25) is 5.82 Å². The molecular weight excluding hydrogens is 346 g/mol. The van der Waals surface area contributed by atoms with Crippen molar-refractivity contribution in [1.29, 1.82) is 5.26 Å². The van der Waals surface area contributed by atoms with Crippen molar-refractivity contribution >= 4 is 11.5 Å². The van der Waals surface area contributed by atoms with Crippen molar-refractivity contribution in [3.8, 4) is 11.8 Å². The van der Waals surface area contributed by atoms with Crippen molar-refractivity contribution in [2.75, 3.05) is 18.0 Å². The second-order valence-corrected chi connectivity index (χ2v) is 5.81. The summed E-state index contributed by atoms with van der Waals surface area (Å²) in [4.78, 5) is 16.4. The van der Waals surface area contributed by atoms with Crippen molar-refractivity contribution in [3.05, 3.63) is 57.8 Å². The van der Waals surface area contributed by atoms with Gasteiger partial charge in [-0.15, -0.1) is 0 Å². The van der Waals surface area contributed by atoms with Crippen LogP contribution in [0, 0.1) is 33.1 Å². The standard InChI is InChI=1S/C17H14F2N4O3/c18-12-1-2-16(14(19)8-12)26-13-3-5-22(6-4-13)17-15(23(24)25)7-11(9-20)10-21-17/h1-2,7-8,10,13H,3-6H2. The highest BCUT2D eigenvalue weighted by atomic mass is 19.1. The first-order chi connectivity index (χ1) is 12.5. The van der Waals surface area contributed by atoms with E-state index in [2.05, 4.69) is 4.98 Å². The molecule has 3 rings (SSSR count). The Hall–Kier alpha value is -3.28. The normalized spacial score (nSPS) is 14.7. The quantitative estimate of drug-likeness (QED) is 0.614. The van der Waals surface area contributed by atoms with Crippen molar-refractivity contribution < 1.29 is 18.4 Å². The topological polar surface area (TPSA) is 92.3 Å². The molecule has 9 heteroatoms. The van der Waals surface area contributed by atoms with E-state index in [-0.39, 0.29) is 28.9 Å². The third kappa shape index (κ3) is 3.69. The summed E-state index contributed by atoms with van der Waals surface area (Å²) in [5, 5.41) is 20.1. The van der Waals surface area contributed by atoms with Gasteiger partial charge in [0.05, 0.1) is 10.5 Å². The first kappa shape index (κ1) is 17.5. The highest BCUT2D eigenvalue weighted by Crippen LogP contribution is 2.30. The van der Waals surface area contributed by atoms with Crippen LogP contribution in [-0.4, -0.2) is 29.1 Å². The summed E-state index contributed by atoms with van der Waals surface area (Å²) in [6, 6.07) is 6.14. The number of rotatable bonds is 4. The summed E-state index contributed by atoms with van der Waals surface area (Å²) in [5.41, 5.74) is -0.113. The van der Waals surface area contributed by atoms with Crippen LogP contribution in [-0.2, 0) is 0 Å². The molecule has 0 aliphatic carbocycles. The van der Waals surface area contributed by atoms with E-state index in [1.807, 2.05) is 6.07 Å². The lowest BCUT2D eigenvalue weighted by atomic mass is 10.1. The second kappa shape index (κ2) is 7.31. The maximum Gasteiger partial charge on any atom is 0.312 e. The molecule has 0 atom stereocenters. The Morgan fingerprint density at radius 1 is 1.31 bits per heavy atom. The fraction of sp³-hybridized carbons (Fsp3) is 0.294. The van der Waals surface area contributed by atoms with Gasteiger partial charge in [0.25, 0.3) is 0 Å².